The lowest BCUT2D eigenvalue weighted by atomic mass is 10.1. The summed E-state index contributed by atoms with van der Waals surface area (Å²) < 4.78 is 18.7. The number of hydrogen-bond donors (Lipinski definition) is 1. The standard InChI is InChI=1S/C24H27ClN8O2S/c1-14(22-26-12-16(25)13-27-22)15(2)36-31-24-29-28-23(18-11-17-7-6-10-32(17)30-18)33(24)21-19(34-3)8-5-9-20(21)35-4/h5,8-9,11-15H,6-7,10H2,1-4H3,(H,29,31). The Kier molecular flexibility index (Phi) is 7.01. The highest BCUT2D eigenvalue weighted by Crippen LogP contribution is 2.38. The zero-order chi connectivity index (χ0) is 25.2. The Morgan fingerprint density at radius 1 is 1.08 bits per heavy atom. The van der Waals surface area contributed by atoms with Crippen LogP contribution in [0.4, 0.5) is 5.95 Å². The molecular formula is C24H27ClN8O2S. The van der Waals surface area contributed by atoms with Crippen LogP contribution in [-0.2, 0) is 13.0 Å². The molecule has 0 fully saturated rings. The maximum absolute atomic E-state index is 5.95. The maximum atomic E-state index is 5.95. The van der Waals surface area contributed by atoms with Crippen molar-refractivity contribution in [2.75, 3.05) is 18.9 Å². The van der Waals surface area contributed by atoms with Gasteiger partial charge in [0.2, 0.25) is 5.95 Å². The number of methoxy groups -OCH3 is 2. The third kappa shape index (κ3) is 4.60. The fourth-order valence-corrected chi connectivity index (χ4v) is 5.01. The molecule has 0 saturated heterocycles. The first-order valence-electron chi connectivity index (χ1n) is 11.6. The summed E-state index contributed by atoms with van der Waals surface area (Å²) in [6.45, 7) is 5.09. The zero-order valence-corrected chi connectivity index (χ0v) is 22.0. The van der Waals surface area contributed by atoms with Crippen molar-refractivity contribution < 1.29 is 9.47 Å². The number of nitrogens with zero attached hydrogens (tertiary/aromatic N) is 7. The summed E-state index contributed by atoms with van der Waals surface area (Å²) in [5.74, 6) is 3.18. The summed E-state index contributed by atoms with van der Waals surface area (Å²) in [5.41, 5.74) is 2.64. The van der Waals surface area contributed by atoms with Crippen molar-refractivity contribution in [3.05, 3.63) is 53.2 Å². The summed E-state index contributed by atoms with van der Waals surface area (Å²) in [6.07, 6.45) is 5.34. The largest absolute Gasteiger partial charge is 0.494 e. The third-order valence-electron chi connectivity index (χ3n) is 6.27. The lowest BCUT2D eigenvalue weighted by Gasteiger charge is -2.20. The Morgan fingerprint density at radius 2 is 1.81 bits per heavy atom. The quantitative estimate of drug-likeness (QED) is 0.308. The molecule has 1 N–H and O–H groups in total. The number of aromatic nitrogens is 7. The second-order valence-corrected chi connectivity index (χ2v) is 10.1. The zero-order valence-electron chi connectivity index (χ0n) is 20.5. The van der Waals surface area contributed by atoms with E-state index in [4.69, 9.17) is 26.2 Å². The van der Waals surface area contributed by atoms with Gasteiger partial charge in [-0.15, -0.1) is 10.2 Å². The Labute approximate surface area is 218 Å². The molecule has 1 aliphatic rings. The van der Waals surface area contributed by atoms with Crippen LogP contribution in [0.2, 0.25) is 5.02 Å². The third-order valence-corrected chi connectivity index (χ3v) is 7.55. The molecule has 0 radical (unpaired) electrons. The first-order valence-corrected chi connectivity index (χ1v) is 12.9. The molecule has 2 atom stereocenters. The van der Waals surface area contributed by atoms with Crippen LogP contribution in [0.3, 0.4) is 0 Å². The van der Waals surface area contributed by atoms with Crippen LogP contribution in [0.1, 0.15) is 37.7 Å². The first kappa shape index (κ1) is 24.4. The SMILES string of the molecule is COc1cccc(OC)c1-n1c(NSC(C)C(C)c2ncc(Cl)cn2)nnc1-c1cc2n(n1)CCC2. The topological polar surface area (TPSA) is 105 Å². The molecule has 0 aliphatic carbocycles. The van der Waals surface area contributed by atoms with Gasteiger partial charge in [0, 0.05) is 35.8 Å². The summed E-state index contributed by atoms with van der Waals surface area (Å²) in [4.78, 5) is 8.74. The molecule has 0 spiro atoms. The van der Waals surface area contributed by atoms with Gasteiger partial charge < -0.3 is 9.47 Å². The Bertz CT molecular complexity index is 1310. The highest BCUT2D eigenvalue weighted by molar-refractivity contribution is 8.01. The number of aryl methyl sites for hydroxylation is 2. The Hall–Kier alpha value is -3.31. The van der Waals surface area contributed by atoms with Crippen molar-refractivity contribution in [2.24, 2.45) is 0 Å². The Balaban J connectivity index is 1.51. The predicted octanol–water partition coefficient (Wildman–Crippen LogP) is 4.79. The van der Waals surface area contributed by atoms with E-state index in [0.717, 1.165) is 30.9 Å². The van der Waals surface area contributed by atoms with E-state index in [9.17, 15) is 0 Å². The normalized spacial score (nSPS) is 14.4. The summed E-state index contributed by atoms with van der Waals surface area (Å²) in [6, 6.07) is 7.73. The summed E-state index contributed by atoms with van der Waals surface area (Å²) in [5, 5.41) is 14.4. The number of para-hydroxylation sites is 1. The van der Waals surface area contributed by atoms with Crippen molar-refractivity contribution in [3.8, 4) is 28.7 Å². The average Bonchev–Trinajstić information content (AvgIpc) is 3.61. The molecule has 1 aromatic carbocycles. The lowest BCUT2D eigenvalue weighted by Crippen LogP contribution is -2.15. The van der Waals surface area contributed by atoms with Gasteiger partial charge in [0.25, 0.3) is 0 Å². The summed E-state index contributed by atoms with van der Waals surface area (Å²) >= 11 is 7.46. The molecular weight excluding hydrogens is 500 g/mol. The number of benzene rings is 1. The minimum Gasteiger partial charge on any atom is -0.494 e. The van der Waals surface area contributed by atoms with E-state index in [-0.39, 0.29) is 11.2 Å². The predicted molar refractivity (Wildman–Crippen MR) is 140 cm³/mol. The number of nitrogens with one attached hydrogen (secondary N) is 1. The van der Waals surface area contributed by atoms with Gasteiger partial charge in [0.1, 0.15) is 28.7 Å². The van der Waals surface area contributed by atoms with Crippen LogP contribution in [-0.4, -0.2) is 54.0 Å². The molecule has 3 aromatic heterocycles. The van der Waals surface area contributed by atoms with Gasteiger partial charge in [-0.05, 0) is 43.0 Å². The number of ether oxygens (including phenoxy) is 2. The van der Waals surface area contributed by atoms with Crippen molar-refractivity contribution >= 4 is 29.5 Å². The molecule has 0 bridgehead atoms. The monoisotopic (exact) mass is 526 g/mol. The number of rotatable bonds is 9. The molecule has 36 heavy (non-hydrogen) atoms. The summed E-state index contributed by atoms with van der Waals surface area (Å²) in [7, 11) is 3.26. The fourth-order valence-electron chi connectivity index (χ4n) is 4.16. The van der Waals surface area contributed by atoms with Gasteiger partial charge in [0.05, 0.1) is 19.2 Å². The van der Waals surface area contributed by atoms with E-state index < -0.39 is 0 Å². The van der Waals surface area contributed by atoms with Crippen LogP contribution in [0.25, 0.3) is 17.2 Å². The Morgan fingerprint density at radius 3 is 2.47 bits per heavy atom. The van der Waals surface area contributed by atoms with Gasteiger partial charge in [-0.25, -0.2) is 9.97 Å². The highest BCUT2D eigenvalue weighted by Gasteiger charge is 2.26. The van der Waals surface area contributed by atoms with Gasteiger partial charge >= 0.3 is 0 Å². The minimum absolute atomic E-state index is 0.0625. The second-order valence-electron chi connectivity index (χ2n) is 8.51. The van der Waals surface area contributed by atoms with E-state index in [1.165, 1.54) is 17.6 Å². The lowest BCUT2D eigenvalue weighted by molar-refractivity contribution is 0.391. The van der Waals surface area contributed by atoms with E-state index in [0.29, 0.717) is 34.0 Å². The molecule has 1 aliphatic heterocycles. The van der Waals surface area contributed by atoms with Crippen LogP contribution in [0, 0.1) is 0 Å². The smallest absolute Gasteiger partial charge is 0.239 e. The van der Waals surface area contributed by atoms with Gasteiger partial charge in [0.15, 0.2) is 5.82 Å². The van der Waals surface area contributed by atoms with Crippen LogP contribution in [0.5, 0.6) is 11.5 Å². The van der Waals surface area contributed by atoms with Crippen molar-refractivity contribution in [2.45, 2.75) is 44.4 Å². The molecule has 5 rings (SSSR count). The highest BCUT2D eigenvalue weighted by atomic mass is 35.5. The number of anilines is 1. The van der Waals surface area contributed by atoms with E-state index >= 15 is 0 Å². The second kappa shape index (κ2) is 10.4. The molecule has 12 heteroatoms. The fraction of sp³-hybridized carbons (Fsp3) is 0.375. The molecule has 188 valence electrons. The molecule has 0 saturated carbocycles. The van der Waals surface area contributed by atoms with E-state index in [2.05, 4.69) is 44.8 Å². The van der Waals surface area contributed by atoms with Crippen molar-refractivity contribution in [1.82, 2.24) is 34.5 Å². The maximum Gasteiger partial charge on any atom is 0.239 e. The minimum atomic E-state index is 0.0625. The first-order chi connectivity index (χ1) is 17.5. The van der Waals surface area contributed by atoms with Gasteiger partial charge in [-0.2, -0.15) is 5.10 Å². The van der Waals surface area contributed by atoms with Crippen LogP contribution in [0.15, 0.2) is 36.7 Å². The van der Waals surface area contributed by atoms with Gasteiger partial charge in [-0.3, -0.25) is 14.0 Å². The molecule has 10 nitrogen and oxygen atoms in total. The molecule has 0 amide bonds. The van der Waals surface area contributed by atoms with Crippen molar-refractivity contribution in [1.29, 1.82) is 0 Å². The number of fused-ring (bicyclic) bond motifs is 1. The van der Waals surface area contributed by atoms with E-state index in [1.54, 1.807) is 26.6 Å². The molecule has 4 aromatic rings. The molecule has 2 unspecified atom stereocenters. The number of halogens is 1. The van der Waals surface area contributed by atoms with Gasteiger partial charge in [-0.1, -0.05) is 31.5 Å². The molecule has 4 heterocycles. The van der Waals surface area contributed by atoms with Crippen LogP contribution >= 0.6 is 23.5 Å². The van der Waals surface area contributed by atoms with Crippen molar-refractivity contribution in [3.63, 3.8) is 0 Å². The average molecular weight is 527 g/mol. The van der Waals surface area contributed by atoms with E-state index in [1.807, 2.05) is 27.4 Å². The van der Waals surface area contributed by atoms with Crippen LogP contribution < -0.4 is 14.2 Å². The number of hydrogen-bond acceptors (Lipinski definition) is 9.